The Morgan fingerprint density at radius 1 is 0.941 bits per heavy atom. The van der Waals surface area contributed by atoms with Gasteiger partial charge in [-0.15, -0.1) is 11.8 Å². The lowest BCUT2D eigenvalue weighted by atomic mass is 10.0. The normalized spacial score (nSPS) is 11.6. The third kappa shape index (κ3) is 7.45. The summed E-state index contributed by atoms with van der Waals surface area (Å²) in [7, 11) is 0. The molecule has 6 heteroatoms. The molecule has 0 spiro atoms. The first-order chi connectivity index (χ1) is 16.5. The first kappa shape index (κ1) is 25.5. The second-order valence-electron chi connectivity index (χ2n) is 8.17. The molecule has 3 aromatic carbocycles. The molecule has 3 aromatic rings. The average molecular weight is 479 g/mol. The summed E-state index contributed by atoms with van der Waals surface area (Å²) in [5.74, 6) is 0.328. The van der Waals surface area contributed by atoms with Gasteiger partial charge in [0.25, 0.3) is 0 Å². The molecule has 0 aromatic heterocycles. The van der Waals surface area contributed by atoms with Crippen LogP contribution >= 0.6 is 11.8 Å². The molecule has 2 amide bonds. The highest BCUT2D eigenvalue weighted by Gasteiger charge is 2.30. The van der Waals surface area contributed by atoms with Gasteiger partial charge in [0.2, 0.25) is 11.8 Å². The minimum atomic E-state index is -0.668. The number of carbonyl (C=O) groups is 2. The van der Waals surface area contributed by atoms with Crippen LogP contribution in [0.25, 0.3) is 0 Å². The molecule has 0 saturated heterocycles. The molecule has 178 valence electrons. The molecule has 0 radical (unpaired) electrons. The maximum Gasteiger partial charge on any atom is 0.243 e. The van der Waals surface area contributed by atoms with Gasteiger partial charge in [-0.05, 0) is 48.2 Å². The molecule has 0 saturated carbocycles. The number of halogens is 1. The highest BCUT2D eigenvalue weighted by atomic mass is 32.2. The molecular weight excluding hydrogens is 447 g/mol. The van der Waals surface area contributed by atoms with Gasteiger partial charge in [-0.1, -0.05) is 66.7 Å². The fourth-order valence-electron chi connectivity index (χ4n) is 3.74. The Kier molecular flexibility index (Phi) is 9.71. The van der Waals surface area contributed by atoms with Crippen LogP contribution in [-0.4, -0.2) is 35.1 Å². The molecule has 3 rings (SSSR count). The van der Waals surface area contributed by atoms with Crippen molar-refractivity contribution in [2.24, 2.45) is 0 Å². The van der Waals surface area contributed by atoms with Gasteiger partial charge in [0, 0.05) is 25.3 Å². The van der Waals surface area contributed by atoms with Crippen molar-refractivity contribution < 1.29 is 14.0 Å². The quantitative estimate of drug-likeness (QED) is 0.415. The van der Waals surface area contributed by atoms with E-state index in [1.807, 2.05) is 49.4 Å². The van der Waals surface area contributed by atoms with Crippen molar-refractivity contribution in [1.29, 1.82) is 0 Å². The number of hydrogen-bond donors (Lipinski definition) is 1. The van der Waals surface area contributed by atoms with Crippen LogP contribution in [0.1, 0.15) is 29.2 Å². The van der Waals surface area contributed by atoms with Crippen molar-refractivity contribution in [3.8, 4) is 0 Å². The van der Waals surface area contributed by atoms with E-state index in [2.05, 4.69) is 24.4 Å². The lowest BCUT2D eigenvalue weighted by Crippen LogP contribution is -2.51. The molecule has 0 bridgehead atoms. The van der Waals surface area contributed by atoms with E-state index in [1.165, 1.54) is 35.0 Å². The van der Waals surface area contributed by atoms with E-state index < -0.39 is 6.04 Å². The fraction of sp³-hybridized carbons (Fsp3) is 0.286. The largest absolute Gasteiger partial charge is 0.355 e. The van der Waals surface area contributed by atoms with Gasteiger partial charge in [-0.3, -0.25) is 9.59 Å². The number of hydrogen-bond acceptors (Lipinski definition) is 3. The van der Waals surface area contributed by atoms with Crippen LogP contribution in [0.15, 0.2) is 78.9 Å². The summed E-state index contributed by atoms with van der Waals surface area (Å²) >= 11 is 1.54. The maximum absolute atomic E-state index is 13.5. The zero-order valence-electron chi connectivity index (χ0n) is 19.7. The van der Waals surface area contributed by atoms with Crippen LogP contribution in [0.2, 0.25) is 0 Å². The van der Waals surface area contributed by atoms with E-state index in [-0.39, 0.29) is 29.9 Å². The Labute approximate surface area is 205 Å². The van der Waals surface area contributed by atoms with Crippen molar-refractivity contribution in [1.82, 2.24) is 10.2 Å². The zero-order chi connectivity index (χ0) is 24.3. The molecule has 0 heterocycles. The third-order valence-corrected chi connectivity index (χ3v) is 6.60. The number of rotatable bonds is 11. The van der Waals surface area contributed by atoms with E-state index in [1.54, 1.807) is 17.0 Å². The minimum absolute atomic E-state index is 0.116. The van der Waals surface area contributed by atoms with E-state index in [0.29, 0.717) is 18.7 Å². The maximum atomic E-state index is 13.5. The summed E-state index contributed by atoms with van der Waals surface area (Å²) in [6, 6.07) is 23.2. The Bertz CT molecular complexity index is 1070. The second-order valence-corrected chi connectivity index (χ2v) is 9.15. The Balaban J connectivity index is 1.82. The van der Waals surface area contributed by atoms with Gasteiger partial charge in [0.1, 0.15) is 11.9 Å². The SMILES string of the molecule is CCNC(=O)C(Cc1ccccc1)N(Cc1ccc(F)cc1)C(=O)CSCc1ccccc1C. The minimum Gasteiger partial charge on any atom is -0.355 e. The number of nitrogens with zero attached hydrogens (tertiary/aromatic N) is 1. The van der Waals surface area contributed by atoms with Crippen molar-refractivity contribution >= 4 is 23.6 Å². The smallest absolute Gasteiger partial charge is 0.243 e. The molecule has 0 fully saturated rings. The van der Waals surface area contributed by atoms with E-state index in [0.717, 1.165) is 11.1 Å². The van der Waals surface area contributed by atoms with Gasteiger partial charge in [-0.25, -0.2) is 4.39 Å². The number of benzene rings is 3. The van der Waals surface area contributed by atoms with E-state index >= 15 is 0 Å². The van der Waals surface area contributed by atoms with E-state index in [9.17, 15) is 14.0 Å². The van der Waals surface area contributed by atoms with Crippen LogP contribution in [0.5, 0.6) is 0 Å². The average Bonchev–Trinajstić information content (AvgIpc) is 2.84. The predicted molar refractivity (Wildman–Crippen MR) is 137 cm³/mol. The summed E-state index contributed by atoms with van der Waals surface area (Å²) < 4.78 is 13.5. The molecule has 0 aliphatic heterocycles. The Hall–Kier alpha value is -3.12. The lowest BCUT2D eigenvalue weighted by Gasteiger charge is -2.31. The third-order valence-electron chi connectivity index (χ3n) is 5.63. The Morgan fingerprint density at radius 3 is 2.29 bits per heavy atom. The molecule has 1 unspecified atom stereocenters. The molecule has 0 aliphatic rings. The number of aryl methyl sites for hydroxylation is 1. The topological polar surface area (TPSA) is 49.4 Å². The highest BCUT2D eigenvalue weighted by Crippen LogP contribution is 2.20. The molecule has 0 aliphatic carbocycles. The monoisotopic (exact) mass is 478 g/mol. The Morgan fingerprint density at radius 2 is 1.62 bits per heavy atom. The summed E-state index contributed by atoms with van der Waals surface area (Å²) in [4.78, 5) is 28.2. The second kappa shape index (κ2) is 12.9. The molecule has 1 N–H and O–H groups in total. The van der Waals surface area contributed by atoms with Crippen LogP contribution in [-0.2, 0) is 28.3 Å². The van der Waals surface area contributed by atoms with Crippen molar-refractivity contribution in [3.63, 3.8) is 0 Å². The van der Waals surface area contributed by atoms with Gasteiger partial charge < -0.3 is 10.2 Å². The molecule has 4 nitrogen and oxygen atoms in total. The summed E-state index contributed by atoms with van der Waals surface area (Å²) in [5.41, 5.74) is 4.13. The highest BCUT2D eigenvalue weighted by molar-refractivity contribution is 7.99. The number of nitrogens with one attached hydrogen (secondary N) is 1. The zero-order valence-corrected chi connectivity index (χ0v) is 20.5. The van der Waals surface area contributed by atoms with E-state index in [4.69, 9.17) is 0 Å². The number of carbonyl (C=O) groups excluding carboxylic acids is 2. The van der Waals surface area contributed by atoms with Crippen molar-refractivity contribution in [2.75, 3.05) is 12.3 Å². The van der Waals surface area contributed by atoms with Crippen LogP contribution in [0, 0.1) is 12.7 Å². The number of thioether (sulfide) groups is 1. The first-order valence-corrected chi connectivity index (χ1v) is 12.6. The summed E-state index contributed by atoms with van der Waals surface area (Å²) in [6.07, 6.45) is 0.405. The summed E-state index contributed by atoms with van der Waals surface area (Å²) in [5, 5.41) is 2.89. The van der Waals surface area contributed by atoms with Gasteiger partial charge in [0.05, 0.1) is 5.75 Å². The van der Waals surface area contributed by atoms with Crippen molar-refractivity contribution in [2.45, 2.75) is 38.6 Å². The first-order valence-electron chi connectivity index (χ1n) is 11.5. The standard InChI is InChI=1S/C28H31FN2O2S/c1-3-30-28(33)26(17-22-10-5-4-6-11-22)31(18-23-13-15-25(29)16-14-23)27(32)20-34-19-24-12-8-7-9-21(24)2/h4-16,26H,3,17-20H2,1-2H3,(H,30,33). The van der Waals surface area contributed by atoms with Crippen LogP contribution < -0.4 is 5.32 Å². The number of likely N-dealkylation sites (N-methyl/N-ethyl adjacent to an activating group) is 1. The predicted octanol–water partition coefficient (Wildman–Crippen LogP) is 5.14. The summed E-state index contributed by atoms with van der Waals surface area (Å²) in [6.45, 7) is 4.63. The van der Waals surface area contributed by atoms with Gasteiger partial charge in [-0.2, -0.15) is 0 Å². The number of amides is 2. The molecule has 1 atom stereocenters. The van der Waals surface area contributed by atoms with Crippen LogP contribution in [0.3, 0.4) is 0 Å². The van der Waals surface area contributed by atoms with Crippen LogP contribution in [0.4, 0.5) is 4.39 Å². The molecule has 34 heavy (non-hydrogen) atoms. The van der Waals surface area contributed by atoms with Gasteiger partial charge in [0.15, 0.2) is 0 Å². The molecular formula is C28H31FN2O2S. The van der Waals surface area contributed by atoms with Gasteiger partial charge >= 0.3 is 0 Å². The lowest BCUT2D eigenvalue weighted by molar-refractivity contribution is -0.139. The van der Waals surface area contributed by atoms with Crippen molar-refractivity contribution in [3.05, 3.63) is 107 Å². The fourth-order valence-corrected chi connectivity index (χ4v) is 4.72.